The van der Waals surface area contributed by atoms with Crippen molar-refractivity contribution in [3.8, 4) is 0 Å². The minimum Gasteiger partial charge on any atom is -0.370 e. The van der Waals surface area contributed by atoms with E-state index in [2.05, 4.69) is 4.90 Å². The number of rotatable bonds is 2. The Hall–Kier alpha value is -1.55. The van der Waals surface area contributed by atoms with Gasteiger partial charge in [-0.3, -0.25) is 4.79 Å². The first kappa shape index (κ1) is 11.9. The summed E-state index contributed by atoms with van der Waals surface area (Å²) in [6.45, 7) is 3.92. The Bertz CT molecular complexity index is 431. The van der Waals surface area contributed by atoms with Crippen LogP contribution in [-0.2, 0) is 0 Å². The molecule has 1 fully saturated rings. The lowest BCUT2D eigenvalue weighted by molar-refractivity contribution is 0.1000. The van der Waals surface area contributed by atoms with E-state index in [0.29, 0.717) is 5.56 Å². The first-order valence-corrected chi connectivity index (χ1v) is 5.99. The molecule has 4 nitrogen and oxygen atoms in total. The zero-order valence-corrected chi connectivity index (χ0v) is 10.1. The van der Waals surface area contributed by atoms with Gasteiger partial charge in [0.25, 0.3) is 0 Å². The van der Waals surface area contributed by atoms with E-state index in [4.69, 9.17) is 11.5 Å². The Kier molecular flexibility index (Phi) is 3.33. The molecule has 1 aromatic carbocycles. The predicted molar refractivity (Wildman–Crippen MR) is 69.1 cm³/mol. The Morgan fingerprint density at radius 1 is 1.47 bits per heavy atom. The zero-order valence-electron chi connectivity index (χ0n) is 10.1. The third-order valence-corrected chi connectivity index (χ3v) is 3.28. The molecule has 1 atom stereocenters. The molecule has 0 aromatic heterocycles. The summed E-state index contributed by atoms with van der Waals surface area (Å²) in [4.78, 5) is 13.4. The normalized spacial score (nSPS) is 20.4. The molecule has 0 saturated carbocycles. The van der Waals surface area contributed by atoms with Crippen LogP contribution in [0.1, 0.15) is 28.8 Å². The zero-order chi connectivity index (χ0) is 12.4. The molecule has 0 radical (unpaired) electrons. The highest BCUT2D eigenvalue weighted by molar-refractivity contribution is 5.93. The van der Waals surface area contributed by atoms with Crippen molar-refractivity contribution in [2.75, 3.05) is 18.0 Å². The maximum Gasteiger partial charge on any atom is 0.248 e. The van der Waals surface area contributed by atoms with Gasteiger partial charge in [-0.05, 0) is 43.5 Å². The molecule has 0 spiro atoms. The molecule has 17 heavy (non-hydrogen) atoms. The van der Waals surface area contributed by atoms with Gasteiger partial charge in [0, 0.05) is 30.4 Å². The minimum absolute atomic E-state index is 0.249. The molecule has 4 heteroatoms. The van der Waals surface area contributed by atoms with Crippen LogP contribution in [0, 0.1) is 6.92 Å². The number of anilines is 1. The predicted octanol–water partition coefficient (Wildman–Crippen LogP) is 1.02. The number of carbonyl (C=O) groups excluding carboxylic acids is 1. The standard InChI is InChI=1S/C13H19N3O/c1-9-7-10(13(15)17)4-5-12(9)16-6-2-3-11(14)8-16/h4-5,7,11H,2-3,6,8,14H2,1H3,(H2,15,17). The van der Waals surface area contributed by atoms with Crippen LogP contribution in [0.2, 0.25) is 0 Å². The first-order chi connectivity index (χ1) is 8.08. The second-order valence-electron chi connectivity index (χ2n) is 4.71. The van der Waals surface area contributed by atoms with Crippen molar-refractivity contribution in [2.45, 2.75) is 25.8 Å². The molecular formula is C13H19N3O. The van der Waals surface area contributed by atoms with E-state index in [-0.39, 0.29) is 11.9 Å². The van der Waals surface area contributed by atoms with Gasteiger partial charge < -0.3 is 16.4 Å². The number of nitrogens with zero attached hydrogens (tertiary/aromatic N) is 1. The van der Waals surface area contributed by atoms with Crippen molar-refractivity contribution < 1.29 is 4.79 Å². The van der Waals surface area contributed by atoms with Gasteiger partial charge in [-0.15, -0.1) is 0 Å². The third kappa shape index (κ3) is 2.58. The van der Waals surface area contributed by atoms with Crippen molar-refractivity contribution >= 4 is 11.6 Å². The van der Waals surface area contributed by atoms with E-state index in [0.717, 1.165) is 37.2 Å². The summed E-state index contributed by atoms with van der Waals surface area (Å²) in [6, 6.07) is 5.84. The van der Waals surface area contributed by atoms with E-state index >= 15 is 0 Å². The molecule has 0 bridgehead atoms. The Balaban J connectivity index is 2.23. The van der Waals surface area contributed by atoms with Crippen LogP contribution >= 0.6 is 0 Å². The lowest BCUT2D eigenvalue weighted by Gasteiger charge is -2.33. The average molecular weight is 233 g/mol. The lowest BCUT2D eigenvalue weighted by atomic mass is 10.0. The highest BCUT2D eigenvalue weighted by atomic mass is 16.1. The molecule has 1 aliphatic heterocycles. The summed E-state index contributed by atoms with van der Waals surface area (Å²) in [5.41, 5.74) is 14.0. The summed E-state index contributed by atoms with van der Waals surface area (Å²) in [5.74, 6) is -0.380. The van der Waals surface area contributed by atoms with E-state index in [1.807, 2.05) is 19.1 Å². The third-order valence-electron chi connectivity index (χ3n) is 3.28. The molecule has 1 aliphatic rings. The van der Waals surface area contributed by atoms with Crippen molar-refractivity contribution in [2.24, 2.45) is 11.5 Å². The fourth-order valence-electron chi connectivity index (χ4n) is 2.39. The number of carbonyl (C=O) groups is 1. The number of aryl methyl sites for hydroxylation is 1. The second-order valence-corrected chi connectivity index (χ2v) is 4.71. The highest BCUT2D eigenvalue weighted by Gasteiger charge is 2.18. The van der Waals surface area contributed by atoms with Gasteiger partial charge >= 0.3 is 0 Å². The quantitative estimate of drug-likeness (QED) is 0.801. The number of hydrogen-bond donors (Lipinski definition) is 2. The number of amides is 1. The van der Waals surface area contributed by atoms with E-state index in [1.54, 1.807) is 6.07 Å². The smallest absolute Gasteiger partial charge is 0.248 e. The van der Waals surface area contributed by atoms with Crippen molar-refractivity contribution in [3.63, 3.8) is 0 Å². The van der Waals surface area contributed by atoms with Crippen LogP contribution < -0.4 is 16.4 Å². The van der Waals surface area contributed by atoms with Crippen LogP contribution in [-0.4, -0.2) is 25.0 Å². The fourth-order valence-corrected chi connectivity index (χ4v) is 2.39. The maximum absolute atomic E-state index is 11.1. The van der Waals surface area contributed by atoms with Crippen LogP contribution in [0.4, 0.5) is 5.69 Å². The van der Waals surface area contributed by atoms with Crippen molar-refractivity contribution in [3.05, 3.63) is 29.3 Å². The van der Waals surface area contributed by atoms with Crippen LogP contribution in [0.5, 0.6) is 0 Å². The van der Waals surface area contributed by atoms with Gasteiger partial charge in [-0.2, -0.15) is 0 Å². The topological polar surface area (TPSA) is 72.4 Å². The summed E-state index contributed by atoms with van der Waals surface area (Å²) in [5, 5.41) is 0. The minimum atomic E-state index is -0.380. The summed E-state index contributed by atoms with van der Waals surface area (Å²) in [7, 11) is 0. The van der Waals surface area contributed by atoms with E-state index in [1.165, 1.54) is 0 Å². The number of nitrogens with two attached hydrogens (primary N) is 2. The maximum atomic E-state index is 11.1. The Morgan fingerprint density at radius 3 is 2.82 bits per heavy atom. The van der Waals surface area contributed by atoms with Crippen LogP contribution in [0.3, 0.4) is 0 Å². The molecule has 1 heterocycles. The van der Waals surface area contributed by atoms with Crippen LogP contribution in [0.25, 0.3) is 0 Å². The number of hydrogen-bond acceptors (Lipinski definition) is 3. The lowest BCUT2D eigenvalue weighted by Crippen LogP contribution is -2.43. The van der Waals surface area contributed by atoms with Gasteiger partial charge in [0.05, 0.1) is 0 Å². The monoisotopic (exact) mass is 233 g/mol. The molecule has 4 N–H and O–H groups in total. The van der Waals surface area contributed by atoms with Gasteiger partial charge in [0.1, 0.15) is 0 Å². The molecule has 1 saturated heterocycles. The molecule has 92 valence electrons. The SMILES string of the molecule is Cc1cc(C(N)=O)ccc1N1CCCC(N)C1. The molecule has 1 aromatic rings. The van der Waals surface area contributed by atoms with E-state index < -0.39 is 0 Å². The number of primary amides is 1. The average Bonchev–Trinajstić information content (AvgIpc) is 2.28. The first-order valence-electron chi connectivity index (χ1n) is 5.99. The summed E-state index contributed by atoms with van der Waals surface area (Å²) >= 11 is 0. The molecule has 1 amide bonds. The Labute approximate surface area is 102 Å². The highest BCUT2D eigenvalue weighted by Crippen LogP contribution is 2.24. The largest absolute Gasteiger partial charge is 0.370 e. The van der Waals surface area contributed by atoms with Crippen molar-refractivity contribution in [1.29, 1.82) is 0 Å². The van der Waals surface area contributed by atoms with Gasteiger partial charge in [0.15, 0.2) is 0 Å². The number of piperidine rings is 1. The molecule has 2 rings (SSSR count). The van der Waals surface area contributed by atoms with Crippen molar-refractivity contribution in [1.82, 2.24) is 0 Å². The summed E-state index contributed by atoms with van der Waals surface area (Å²) in [6.07, 6.45) is 2.22. The van der Waals surface area contributed by atoms with Crippen LogP contribution in [0.15, 0.2) is 18.2 Å². The fraction of sp³-hybridized carbons (Fsp3) is 0.462. The van der Waals surface area contributed by atoms with E-state index in [9.17, 15) is 4.79 Å². The molecule has 1 unspecified atom stereocenters. The second kappa shape index (κ2) is 4.75. The van der Waals surface area contributed by atoms with Gasteiger partial charge in [-0.25, -0.2) is 0 Å². The Morgan fingerprint density at radius 2 is 2.24 bits per heavy atom. The molecule has 0 aliphatic carbocycles. The summed E-state index contributed by atoms with van der Waals surface area (Å²) < 4.78 is 0. The number of benzene rings is 1. The van der Waals surface area contributed by atoms with Gasteiger partial charge in [-0.1, -0.05) is 0 Å². The molecular weight excluding hydrogens is 214 g/mol. The van der Waals surface area contributed by atoms with Gasteiger partial charge in [0.2, 0.25) is 5.91 Å².